The van der Waals surface area contributed by atoms with Gasteiger partial charge in [0.2, 0.25) is 0 Å². The van der Waals surface area contributed by atoms with Crippen LogP contribution < -0.4 is 11.1 Å². The van der Waals surface area contributed by atoms with Crippen LogP contribution in [-0.4, -0.2) is 29.1 Å². The molecule has 0 radical (unpaired) electrons. The van der Waals surface area contributed by atoms with Gasteiger partial charge in [0.15, 0.2) is 0 Å². The van der Waals surface area contributed by atoms with E-state index in [0.717, 1.165) is 25.0 Å². The van der Waals surface area contributed by atoms with Crippen LogP contribution in [0.2, 0.25) is 0 Å². The van der Waals surface area contributed by atoms with Crippen LogP contribution in [0.25, 0.3) is 0 Å². The summed E-state index contributed by atoms with van der Waals surface area (Å²) in [4.78, 5) is 16.2. The number of ether oxygens (including phenoxy) is 1. The predicted molar refractivity (Wildman–Crippen MR) is 77.3 cm³/mol. The van der Waals surface area contributed by atoms with Gasteiger partial charge in [0.1, 0.15) is 17.4 Å². The molecule has 5 nitrogen and oxygen atoms in total. The van der Waals surface area contributed by atoms with Crippen molar-refractivity contribution in [2.45, 2.75) is 26.2 Å². The lowest BCUT2D eigenvalue weighted by atomic mass is 10.1. The van der Waals surface area contributed by atoms with E-state index >= 15 is 0 Å². The van der Waals surface area contributed by atoms with E-state index in [-0.39, 0.29) is 17.5 Å². The second-order valence-corrected chi connectivity index (χ2v) is 4.81. The number of nitrogens with two attached hydrogens (primary N) is 1. The SMILES string of the molecule is CCOC(=O)CNc1nc2c(cc1C(N)=S)CCC2. The third-order valence-corrected chi connectivity index (χ3v) is 3.24. The number of thiocarbonyl (C=S) groups is 1. The Labute approximate surface area is 117 Å². The number of nitrogens with one attached hydrogen (secondary N) is 1. The van der Waals surface area contributed by atoms with E-state index in [1.54, 1.807) is 6.92 Å². The summed E-state index contributed by atoms with van der Waals surface area (Å²) in [6.45, 7) is 2.20. The number of esters is 1. The molecule has 0 spiro atoms. The van der Waals surface area contributed by atoms with Crippen molar-refractivity contribution in [3.05, 3.63) is 22.9 Å². The van der Waals surface area contributed by atoms with Gasteiger partial charge < -0.3 is 15.8 Å². The lowest BCUT2D eigenvalue weighted by Gasteiger charge is -2.12. The van der Waals surface area contributed by atoms with Crippen LogP contribution >= 0.6 is 12.2 Å². The smallest absolute Gasteiger partial charge is 0.325 e. The van der Waals surface area contributed by atoms with Gasteiger partial charge in [-0.2, -0.15) is 0 Å². The summed E-state index contributed by atoms with van der Waals surface area (Å²) in [5.74, 6) is 0.250. The first-order chi connectivity index (χ1) is 9.11. The monoisotopic (exact) mass is 279 g/mol. The van der Waals surface area contributed by atoms with Crippen LogP contribution in [0.5, 0.6) is 0 Å². The zero-order valence-corrected chi connectivity index (χ0v) is 11.7. The second-order valence-electron chi connectivity index (χ2n) is 4.37. The normalized spacial score (nSPS) is 12.9. The fourth-order valence-corrected chi connectivity index (χ4v) is 2.32. The van der Waals surface area contributed by atoms with E-state index in [1.165, 1.54) is 5.56 Å². The summed E-state index contributed by atoms with van der Waals surface area (Å²) >= 11 is 5.03. The van der Waals surface area contributed by atoms with Crippen molar-refractivity contribution in [1.29, 1.82) is 0 Å². The average Bonchev–Trinajstić information content (AvgIpc) is 2.82. The molecule has 1 aliphatic rings. The van der Waals surface area contributed by atoms with E-state index in [2.05, 4.69) is 10.3 Å². The van der Waals surface area contributed by atoms with Gasteiger partial charge in [-0.1, -0.05) is 12.2 Å². The Hall–Kier alpha value is -1.69. The molecule has 0 bridgehead atoms. The molecular formula is C13H17N3O2S. The van der Waals surface area contributed by atoms with Crippen LogP contribution in [0.3, 0.4) is 0 Å². The predicted octanol–water partition coefficient (Wildman–Crippen LogP) is 1.18. The molecule has 0 unspecified atom stereocenters. The largest absolute Gasteiger partial charge is 0.465 e. The number of carbonyl (C=O) groups is 1. The molecule has 0 saturated carbocycles. The van der Waals surface area contributed by atoms with Gasteiger partial charge in [0.05, 0.1) is 12.2 Å². The molecule has 1 aromatic rings. The fourth-order valence-electron chi connectivity index (χ4n) is 2.16. The van der Waals surface area contributed by atoms with Gasteiger partial charge in [0, 0.05) is 5.69 Å². The molecule has 0 fully saturated rings. The molecule has 19 heavy (non-hydrogen) atoms. The zero-order valence-electron chi connectivity index (χ0n) is 10.9. The van der Waals surface area contributed by atoms with Gasteiger partial charge in [0.25, 0.3) is 0 Å². The lowest BCUT2D eigenvalue weighted by Crippen LogP contribution is -2.21. The highest BCUT2D eigenvalue weighted by Crippen LogP contribution is 2.25. The van der Waals surface area contributed by atoms with Gasteiger partial charge in [-0.05, 0) is 37.8 Å². The Bertz CT molecular complexity index is 517. The summed E-state index contributed by atoms with van der Waals surface area (Å²) in [6.07, 6.45) is 3.07. The minimum Gasteiger partial charge on any atom is -0.465 e. The molecular weight excluding hydrogens is 262 g/mol. The number of hydrogen-bond donors (Lipinski definition) is 2. The Balaban J connectivity index is 2.18. The molecule has 0 amide bonds. The lowest BCUT2D eigenvalue weighted by molar-refractivity contribution is -0.140. The van der Waals surface area contributed by atoms with Crippen LogP contribution in [0.1, 0.15) is 30.2 Å². The minimum atomic E-state index is -0.321. The molecule has 2 rings (SSSR count). The number of pyridine rings is 1. The number of carbonyl (C=O) groups excluding carboxylic acids is 1. The van der Waals surface area contributed by atoms with Crippen LogP contribution in [0.15, 0.2) is 6.07 Å². The quantitative estimate of drug-likeness (QED) is 0.622. The summed E-state index contributed by atoms with van der Waals surface area (Å²) < 4.78 is 4.86. The maximum Gasteiger partial charge on any atom is 0.325 e. The van der Waals surface area contributed by atoms with Crippen molar-refractivity contribution >= 4 is 29.0 Å². The standard InChI is InChI=1S/C13H17N3O2S/c1-2-18-11(17)7-15-13-9(12(14)19)6-8-4-3-5-10(8)16-13/h6H,2-5,7H2,1H3,(H2,14,19)(H,15,16). The molecule has 1 heterocycles. The number of fused-ring (bicyclic) bond motifs is 1. The summed E-state index contributed by atoms with van der Waals surface area (Å²) in [7, 11) is 0. The number of aromatic nitrogens is 1. The molecule has 3 N–H and O–H groups in total. The topological polar surface area (TPSA) is 77.2 Å². The van der Waals surface area contributed by atoms with Crippen molar-refractivity contribution in [1.82, 2.24) is 4.98 Å². The van der Waals surface area contributed by atoms with Crippen molar-refractivity contribution in [2.24, 2.45) is 5.73 Å². The van der Waals surface area contributed by atoms with Crippen molar-refractivity contribution in [2.75, 3.05) is 18.5 Å². The van der Waals surface area contributed by atoms with Crippen molar-refractivity contribution in [3.8, 4) is 0 Å². The highest BCUT2D eigenvalue weighted by atomic mass is 32.1. The van der Waals surface area contributed by atoms with Crippen LogP contribution in [0.4, 0.5) is 5.82 Å². The summed E-state index contributed by atoms with van der Waals surface area (Å²) in [5.41, 5.74) is 8.66. The van der Waals surface area contributed by atoms with E-state index < -0.39 is 0 Å². The molecule has 6 heteroatoms. The van der Waals surface area contributed by atoms with Gasteiger partial charge >= 0.3 is 5.97 Å². The number of aryl methyl sites for hydroxylation is 2. The average molecular weight is 279 g/mol. The maximum atomic E-state index is 11.4. The Morgan fingerprint density at radius 3 is 3.05 bits per heavy atom. The molecule has 1 aromatic heterocycles. The number of hydrogen-bond acceptors (Lipinski definition) is 5. The second kappa shape index (κ2) is 5.97. The molecule has 0 aromatic carbocycles. The summed E-state index contributed by atoms with van der Waals surface area (Å²) in [6, 6.07) is 1.98. The third kappa shape index (κ3) is 3.20. The summed E-state index contributed by atoms with van der Waals surface area (Å²) in [5, 5.41) is 2.96. The van der Waals surface area contributed by atoms with Gasteiger partial charge in [-0.15, -0.1) is 0 Å². The van der Waals surface area contributed by atoms with E-state index in [4.69, 9.17) is 22.7 Å². The van der Waals surface area contributed by atoms with E-state index in [9.17, 15) is 4.79 Å². The first-order valence-corrected chi connectivity index (χ1v) is 6.74. The number of anilines is 1. The highest BCUT2D eigenvalue weighted by molar-refractivity contribution is 7.80. The number of rotatable bonds is 5. The fraction of sp³-hybridized carbons (Fsp3) is 0.462. The Morgan fingerprint density at radius 1 is 1.58 bits per heavy atom. The van der Waals surface area contributed by atoms with Crippen molar-refractivity contribution < 1.29 is 9.53 Å². The molecule has 1 aliphatic carbocycles. The highest BCUT2D eigenvalue weighted by Gasteiger charge is 2.18. The van der Waals surface area contributed by atoms with E-state index in [1.807, 2.05) is 6.07 Å². The first-order valence-electron chi connectivity index (χ1n) is 6.34. The Kier molecular flexibility index (Phi) is 4.31. The first kappa shape index (κ1) is 13.7. The molecule has 102 valence electrons. The molecule has 0 saturated heterocycles. The van der Waals surface area contributed by atoms with Gasteiger partial charge in [-0.3, -0.25) is 4.79 Å². The minimum absolute atomic E-state index is 0.0647. The van der Waals surface area contributed by atoms with Crippen LogP contribution in [-0.2, 0) is 22.4 Å². The van der Waals surface area contributed by atoms with E-state index in [0.29, 0.717) is 18.0 Å². The third-order valence-electron chi connectivity index (χ3n) is 3.02. The Morgan fingerprint density at radius 2 is 2.37 bits per heavy atom. The van der Waals surface area contributed by atoms with Crippen molar-refractivity contribution in [3.63, 3.8) is 0 Å². The zero-order chi connectivity index (χ0) is 13.8. The molecule has 0 aliphatic heterocycles. The maximum absolute atomic E-state index is 11.4. The molecule has 0 atom stereocenters. The van der Waals surface area contributed by atoms with Gasteiger partial charge in [-0.25, -0.2) is 4.98 Å². The number of nitrogens with zero attached hydrogens (tertiary/aromatic N) is 1. The van der Waals surface area contributed by atoms with Crippen LogP contribution in [0, 0.1) is 0 Å².